The van der Waals surface area contributed by atoms with Crippen molar-refractivity contribution in [1.82, 2.24) is 15.5 Å². The minimum atomic E-state index is -0.278. The number of nitrogens with zero attached hydrogens (tertiary/aromatic N) is 1. The van der Waals surface area contributed by atoms with Gasteiger partial charge in [0.05, 0.1) is 5.92 Å². The van der Waals surface area contributed by atoms with Gasteiger partial charge >= 0.3 is 0 Å². The molecule has 138 valence electrons. The highest BCUT2D eigenvalue weighted by Gasteiger charge is 2.31. The third-order valence-electron chi connectivity index (χ3n) is 4.97. The van der Waals surface area contributed by atoms with E-state index in [1.165, 1.54) is 12.1 Å². The minimum absolute atomic E-state index is 0. The smallest absolute Gasteiger partial charge is 0.227 e. The highest BCUT2D eigenvalue weighted by atomic mass is 35.5. The Kier molecular flexibility index (Phi) is 7.20. The predicted octanol–water partition coefficient (Wildman–Crippen LogP) is 1.71. The number of benzene rings is 1. The Labute approximate surface area is 153 Å². The molecule has 1 aromatic rings. The van der Waals surface area contributed by atoms with E-state index < -0.39 is 0 Å². The van der Waals surface area contributed by atoms with E-state index >= 15 is 0 Å². The fraction of sp³-hybridized carbons (Fsp3) is 0.556. The first-order chi connectivity index (χ1) is 11.6. The van der Waals surface area contributed by atoms with Crippen LogP contribution in [0, 0.1) is 17.7 Å². The Morgan fingerprint density at radius 3 is 2.40 bits per heavy atom. The summed E-state index contributed by atoms with van der Waals surface area (Å²) >= 11 is 0. The zero-order valence-electron chi connectivity index (χ0n) is 14.2. The SMILES string of the molecule is Cl.O=C(NCc1ccc(F)cc1)C1CCN(C(=O)C2CCNC2)CC1. The van der Waals surface area contributed by atoms with E-state index in [2.05, 4.69) is 10.6 Å². The molecule has 2 saturated heterocycles. The monoisotopic (exact) mass is 369 g/mol. The molecule has 1 unspecified atom stereocenters. The Balaban J connectivity index is 0.00000225. The van der Waals surface area contributed by atoms with Gasteiger partial charge in [-0.1, -0.05) is 12.1 Å². The minimum Gasteiger partial charge on any atom is -0.352 e. The summed E-state index contributed by atoms with van der Waals surface area (Å²) < 4.78 is 12.9. The van der Waals surface area contributed by atoms with Crippen LogP contribution in [0.4, 0.5) is 4.39 Å². The van der Waals surface area contributed by atoms with E-state index in [1.807, 2.05) is 4.90 Å². The number of carbonyl (C=O) groups is 2. The maximum absolute atomic E-state index is 12.9. The van der Waals surface area contributed by atoms with Crippen molar-refractivity contribution < 1.29 is 14.0 Å². The predicted molar refractivity (Wildman–Crippen MR) is 95.8 cm³/mol. The molecule has 2 aliphatic heterocycles. The first kappa shape index (κ1) is 19.7. The molecule has 0 spiro atoms. The molecule has 5 nitrogen and oxygen atoms in total. The van der Waals surface area contributed by atoms with Crippen molar-refractivity contribution in [3.8, 4) is 0 Å². The first-order valence-corrected chi connectivity index (χ1v) is 8.65. The van der Waals surface area contributed by atoms with Crippen LogP contribution in [-0.2, 0) is 16.1 Å². The van der Waals surface area contributed by atoms with Crippen molar-refractivity contribution in [3.63, 3.8) is 0 Å². The average Bonchev–Trinajstić information content (AvgIpc) is 3.15. The van der Waals surface area contributed by atoms with E-state index in [0.29, 0.717) is 32.5 Å². The van der Waals surface area contributed by atoms with Gasteiger partial charge < -0.3 is 15.5 Å². The molecule has 0 aliphatic carbocycles. The van der Waals surface area contributed by atoms with Crippen molar-refractivity contribution in [3.05, 3.63) is 35.6 Å². The molecule has 0 aromatic heterocycles. The molecule has 2 N–H and O–H groups in total. The number of likely N-dealkylation sites (tertiary alicyclic amines) is 1. The van der Waals surface area contributed by atoms with Crippen molar-refractivity contribution in [2.75, 3.05) is 26.2 Å². The van der Waals surface area contributed by atoms with Crippen molar-refractivity contribution in [2.24, 2.45) is 11.8 Å². The lowest BCUT2D eigenvalue weighted by molar-refractivity contribution is -0.138. The van der Waals surface area contributed by atoms with Gasteiger partial charge in [0.15, 0.2) is 0 Å². The molecule has 2 aliphatic rings. The summed E-state index contributed by atoms with van der Waals surface area (Å²) in [6.07, 6.45) is 2.33. The highest BCUT2D eigenvalue weighted by molar-refractivity contribution is 5.85. The number of hydrogen-bond donors (Lipinski definition) is 2. The first-order valence-electron chi connectivity index (χ1n) is 8.65. The summed E-state index contributed by atoms with van der Waals surface area (Å²) in [6.45, 7) is 3.41. The summed E-state index contributed by atoms with van der Waals surface area (Å²) in [6, 6.07) is 6.13. The van der Waals surface area contributed by atoms with E-state index in [-0.39, 0.29) is 41.9 Å². The van der Waals surface area contributed by atoms with E-state index in [0.717, 1.165) is 25.1 Å². The third-order valence-corrected chi connectivity index (χ3v) is 4.97. The third kappa shape index (κ3) is 5.16. The zero-order chi connectivity index (χ0) is 16.9. The molecule has 2 heterocycles. The summed E-state index contributed by atoms with van der Waals surface area (Å²) in [7, 11) is 0. The van der Waals surface area contributed by atoms with Gasteiger partial charge in [-0.3, -0.25) is 9.59 Å². The lowest BCUT2D eigenvalue weighted by Gasteiger charge is -2.32. The highest BCUT2D eigenvalue weighted by Crippen LogP contribution is 2.21. The lowest BCUT2D eigenvalue weighted by Crippen LogP contribution is -2.45. The molecule has 2 fully saturated rings. The van der Waals surface area contributed by atoms with Crippen LogP contribution in [0.1, 0.15) is 24.8 Å². The van der Waals surface area contributed by atoms with Crippen molar-refractivity contribution in [2.45, 2.75) is 25.8 Å². The normalized spacial score (nSPS) is 20.8. The van der Waals surface area contributed by atoms with Crippen LogP contribution in [0.5, 0.6) is 0 Å². The lowest BCUT2D eigenvalue weighted by atomic mass is 9.94. The zero-order valence-corrected chi connectivity index (χ0v) is 15.0. The summed E-state index contributed by atoms with van der Waals surface area (Å²) in [5.41, 5.74) is 0.881. The Morgan fingerprint density at radius 2 is 1.80 bits per heavy atom. The number of rotatable bonds is 4. The largest absolute Gasteiger partial charge is 0.352 e. The Bertz CT molecular complexity index is 582. The van der Waals surface area contributed by atoms with E-state index in [4.69, 9.17) is 0 Å². The second kappa shape index (κ2) is 9.15. The van der Waals surface area contributed by atoms with Gasteiger partial charge in [0.1, 0.15) is 5.82 Å². The maximum Gasteiger partial charge on any atom is 0.227 e. The molecule has 0 saturated carbocycles. The fourth-order valence-electron chi connectivity index (χ4n) is 3.42. The van der Waals surface area contributed by atoms with Gasteiger partial charge in [-0.25, -0.2) is 4.39 Å². The summed E-state index contributed by atoms with van der Waals surface area (Å²) in [5.74, 6) is 0.0313. The topological polar surface area (TPSA) is 61.4 Å². The second-order valence-corrected chi connectivity index (χ2v) is 6.63. The molecular formula is C18H25ClFN3O2. The van der Waals surface area contributed by atoms with Gasteiger partial charge in [-0.2, -0.15) is 0 Å². The van der Waals surface area contributed by atoms with Crippen LogP contribution in [0.15, 0.2) is 24.3 Å². The number of piperidine rings is 1. The van der Waals surface area contributed by atoms with Crippen LogP contribution >= 0.6 is 12.4 Å². The molecule has 1 atom stereocenters. The van der Waals surface area contributed by atoms with Crippen LogP contribution in [-0.4, -0.2) is 42.9 Å². The molecule has 3 rings (SSSR count). The molecule has 7 heteroatoms. The maximum atomic E-state index is 12.9. The Hall–Kier alpha value is -1.66. The number of hydrogen-bond acceptors (Lipinski definition) is 3. The number of nitrogens with one attached hydrogen (secondary N) is 2. The summed E-state index contributed by atoms with van der Waals surface area (Å²) in [5, 5.41) is 6.13. The molecule has 2 amide bonds. The molecule has 25 heavy (non-hydrogen) atoms. The Morgan fingerprint density at radius 1 is 1.12 bits per heavy atom. The van der Waals surface area contributed by atoms with Gasteiger partial charge in [-0.05, 0) is 43.5 Å². The van der Waals surface area contributed by atoms with Crippen LogP contribution < -0.4 is 10.6 Å². The van der Waals surface area contributed by atoms with Gasteiger partial charge in [0, 0.05) is 32.1 Å². The van der Waals surface area contributed by atoms with Crippen LogP contribution in [0.25, 0.3) is 0 Å². The van der Waals surface area contributed by atoms with Gasteiger partial charge in [-0.15, -0.1) is 12.4 Å². The number of halogens is 2. The quantitative estimate of drug-likeness (QED) is 0.849. The van der Waals surface area contributed by atoms with Gasteiger partial charge in [0.2, 0.25) is 11.8 Å². The molecule has 1 aromatic carbocycles. The fourth-order valence-corrected chi connectivity index (χ4v) is 3.42. The average molecular weight is 370 g/mol. The van der Waals surface area contributed by atoms with Crippen molar-refractivity contribution >= 4 is 24.2 Å². The van der Waals surface area contributed by atoms with E-state index in [9.17, 15) is 14.0 Å². The number of carbonyl (C=O) groups excluding carboxylic acids is 2. The van der Waals surface area contributed by atoms with Gasteiger partial charge in [0.25, 0.3) is 0 Å². The second-order valence-electron chi connectivity index (χ2n) is 6.63. The molecular weight excluding hydrogens is 345 g/mol. The van der Waals surface area contributed by atoms with Crippen LogP contribution in [0.3, 0.4) is 0 Å². The van der Waals surface area contributed by atoms with Crippen LogP contribution in [0.2, 0.25) is 0 Å². The summed E-state index contributed by atoms with van der Waals surface area (Å²) in [4.78, 5) is 26.5. The standard InChI is InChI=1S/C18H24FN3O2.ClH/c19-16-3-1-13(2-4-16)11-21-17(23)14-6-9-22(10-7-14)18(24)15-5-8-20-12-15;/h1-4,14-15,20H,5-12H2,(H,21,23);1H. The van der Waals surface area contributed by atoms with Crippen molar-refractivity contribution in [1.29, 1.82) is 0 Å². The van der Waals surface area contributed by atoms with E-state index in [1.54, 1.807) is 12.1 Å². The number of amides is 2. The molecule has 0 radical (unpaired) electrons. The molecule has 0 bridgehead atoms.